The predicted octanol–water partition coefficient (Wildman–Crippen LogP) is 6.32. The molecule has 2 aromatic carbocycles. The predicted molar refractivity (Wildman–Crippen MR) is 139 cm³/mol. The van der Waals surface area contributed by atoms with Crippen LogP contribution >= 0.6 is 0 Å². The minimum absolute atomic E-state index is 0.171. The average molecular weight is 481 g/mol. The summed E-state index contributed by atoms with van der Waals surface area (Å²) in [6.45, 7) is 9.58. The monoisotopic (exact) mass is 480 g/mol. The molecule has 0 N–H and O–H groups in total. The quantitative estimate of drug-likeness (QED) is 0.301. The molecule has 5 nitrogen and oxygen atoms in total. The SMILES string of the molecule is COc1cc(-c2cc3cc(OCCCN4CCC[C@H]4C)ccc3n2CC(=O)CC(C)C)ccc1F. The Morgan fingerprint density at radius 2 is 2.00 bits per heavy atom. The van der Waals surface area contributed by atoms with E-state index in [4.69, 9.17) is 9.47 Å². The van der Waals surface area contributed by atoms with Crippen LogP contribution < -0.4 is 9.47 Å². The molecule has 0 aliphatic carbocycles. The first-order valence-corrected chi connectivity index (χ1v) is 12.7. The van der Waals surface area contributed by atoms with Gasteiger partial charge in [-0.1, -0.05) is 13.8 Å². The van der Waals surface area contributed by atoms with Crippen molar-refractivity contribution >= 4 is 16.7 Å². The van der Waals surface area contributed by atoms with E-state index >= 15 is 0 Å². The topological polar surface area (TPSA) is 43.7 Å². The molecule has 35 heavy (non-hydrogen) atoms. The molecular formula is C29H37FN2O3. The van der Waals surface area contributed by atoms with E-state index in [1.165, 1.54) is 32.6 Å². The molecule has 1 aromatic heterocycles. The lowest BCUT2D eigenvalue weighted by molar-refractivity contribution is -0.120. The van der Waals surface area contributed by atoms with Crippen LogP contribution in [0.5, 0.6) is 11.5 Å². The number of Topliss-reactive ketones (excluding diaryl/α,β-unsaturated/α-hetero) is 1. The summed E-state index contributed by atoms with van der Waals surface area (Å²) >= 11 is 0. The maximum absolute atomic E-state index is 14.1. The van der Waals surface area contributed by atoms with Gasteiger partial charge in [0.05, 0.1) is 20.3 Å². The molecule has 1 fully saturated rings. The fourth-order valence-electron chi connectivity index (χ4n) is 5.05. The van der Waals surface area contributed by atoms with Gasteiger partial charge in [-0.15, -0.1) is 0 Å². The van der Waals surface area contributed by atoms with E-state index in [9.17, 15) is 9.18 Å². The zero-order valence-electron chi connectivity index (χ0n) is 21.4. The number of halogens is 1. The van der Waals surface area contributed by atoms with Gasteiger partial charge in [-0.3, -0.25) is 4.79 Å². The van der Waals surface area contributed by atoms with Crippen LogP contribution in [-0.2, 0) is 11.3 Å². The molecule has 0 radical (unpaired) electrons. The number of fused-ring (bicyclic) bond motifs is 1. The molecule has 0 bridgehead atoms. The fourth-order valence-corrected chi connectivity index (χ4v) is 5.05. The van der Waals surface area contributed by atoms with Crippen LogP contribution in [0.25, 0.3) is 22.2 Å². The smallest absolute Gasteiger partial charge is 0.165 e. The second-order valence-corrected chi connectivity index (χ2v) is 10.1. The lowest BCUT2D eigenvalue weighted by Gasteiger charge is -2.20. The molecule has 0 saturated carbocycles. The zero-order chi connectivity index (χ0) is 24.9. The maximum atomic E-state index is 14.1. The van der Waals surface area contributed by atoms with Crippen LogP contribution in [0.3, 0.4) is 0 Å². The first kappa shape index (κ1) is 25.2. The van der Waals surface area contributed by atoms with Crippen molar-refractivity contribution < 1.29 is 18.7 Å². The molecule has 3 aromatic rings. The number of aromatic nitrogens is 1. The number of methoxy groups -OCH3 is 1. The van der Waals surface area contributed by atoms with E-state index in [0.717, 1.165) is 40.9 Å². The van der Waals surface area contributed by atoms with Crippen molar-refractivity contribution in [1.82, 2.24) is 9.47 Å². The van der Waals surface area contributed by atoms with Gasteiger partial charge < -0.3 is 18.9 Å². The second-order valence-electron chi connectivity index (χ2n) is 10.1. The van der Waals surface area contributed by atoms with Gasteiger partial charge in [0, 0.05) is 41.2 Å². The van der Waals surface area contributed by atoms with E-state index in [-0.39, 0.29) is 18.1 Å². The highest BCUT2D eigenvalue weighted by Gasteiger charge is 2.19. The third-order valence-corrected chi connectivity index (χ3v) is 6.84. The number of nitrogens with zero attached hydrogens (tertiary/aromatic N) is 2. The van der Waals surface area contributed by atoms with E-state index in [1.807, 2.05) is 42.7 Å². The molecule has 0 amide bonds. The number of carbonyl (C=O) groups is 1. The lowest BCUT2D eigenvalue weighted by Crippen LogP contribution is -2.28. The molecule has 1 atom stereocenters. The van der Waals surface area contributed by atoms with E-state index in [1.54, 1.807) is 12.1 Å². The summed E-state index contributed by atoms with van der Waals surface area (Å²) in [6, 6.07) is 13.6. The lowest BCUT2D eigenvalue weighted by atomic mass is 10.1. The molecule has 1 aliphatic rings. The highest BCUT2D eigenvalue weighted by Crippen LogP contribution is 2.33. The summed E-state index contributed by atoms with van der Waals surface area (Å²) in [5.41, 5.74) is 2.62. The number of likely N-dealkylation sites (tertiary alicyclic amines) is 1. The van der Waals surface area contributed by atoms with Crippen LogP contribution in [-0.4, -0.2) is 48.1 Å². The molecule has 0 unspecified atom stereocenters. The van der Waals surface area contributed by atoms with E-state index < -0.39 is 5.82 Å². The molecule has 1 saturated heterocycles. The third-order valence-electron chi connectivity index (χ3n) is 6.84. The minimum Gasteiger partial charge on any atom is -0.494 e. The van der Waals surface area contributed by atoms with Crippen LogP contribution in [0.15, 0.2) is 42.5 Å². The summed E-state index contributed by atoms with van der Waals surface area (Å²) in [7, 11) is 1.46. The number of benzene rings is 2. The Kier molecular flexibility index (Phi) is 8.11. The molecular weight excluding hydrogens is 443 g/mol. The number of ether oxygens (including phenoxy) is 2. The van der Waals surface area contributed by atoms with Gasteiger partial charge in [0.2, 0.25) is 0 Å². The number of hydrogen-bond acceptors (Lipinski definition) is 4. The Labute approximate surface area is 207 Å². The Bertz CT molecular complexity index is 1170. The molecule has 188 valence electrons. The molecule has 6 heteroatoms. The fraction of sp³-hybridized carbons (Fsp3) is 0.483. The third kappa shape index (κ3) is 6.04. The van der Waals surface area contributed by atoms with Crippen LogP contribution in [0, 0.1) is 11.7 Å². The van der Waals surface area contributed by atoms with Crippen molar-refractivity contribution in [1.29, 1.82) is 0 Å². The number of ketones is 1. The number of carbonyl (C=O) groups excluding carboxylic acids is 1. The normalized spacial score (nSPS) is 16.3. The first-order chi connectivity index (χ1) is 16.9. The Morgan fingerprint density at radius 3 is 2.71 bits per heavy atom. The molecule has 4 rings (SSSR count). The van der Waals surface area contributed by atoms with Gasteiger partial charge in [0.1, 0.15) is 5.75 Å². The Balaban J connectivity index is 1.57. The van der Waals surface area contributed by atoms with Crippen molar-refractivity contribution in [3.8, 4) is 22.8 Å². The zero-order valence-corrected chi connectivity index (χ0v) is 21.4. The summed E-state index contributed by atoms with van der Waals surface area (Å²) in [4.78, 5) is 15.3. The average Bonchev–Trinajstić information content (AvgIpc) is 3.39. The van der Waals surface area contributed by atoms with Crippen molar-refractivity contribution in [2.24, 2.45) is 5.92 Å². The summed E-state index contributed by atoms with van der Waals surface area (Å²) in [6.07, 6.45) is 4.09. The highest BCUT2D eigenvalue weighted by molar-refractivity contribution is 5.90. The molecule has 2 heterocycles. The Hall–Kier alpha value is -2.86. The van der Waals surface area contributed by atoms with E-state index in [0.29, 0.717) is 25.0 Å². The van der Waals surface area contributed by atoms with Gasteiger partial charge in [-0.2, -0.15) is 0 Å². The van der Waals surface area contributed by atoms with Crippen molar-refractivity contribution in [2.45, 2.75) is 59.0 Å². The van der Waals surface area contributed by atoms with Gasteiger partial charge in [-0.05, 0) is 81.1 Å². The molecule has 0 spiro atoms. The number of rotatable bonds is 11. The summed E-state index contributed by atoms with van der Waals surface area (Å²) in [5.74, 6) is 1.06. The van der Waals surface area contributed by atoms with Gasteiger partial charge in [-0.25, -0.2) is 4.39 Å². The van der Waals surface area contributed by atoms with Crippen molar-refractivity contribution in [3.05, 3.63) is 48.3 Å². The van der Waals surface area contributed by atoms with Crippen LogP contribution in [0.1, 0.15) is 46.5 Å². The summed E-state index contributed by atoms with van der Waals surface area (Å²) < 4.78 is 27.4. The van der Waals surface area contributed by atoms with Gasteiger partial charge >= 0.3 is 0 Å². The van der Waals surface area contributed by atoms with Crippen molar-refractivity contribution in [2.75, 3.05) is 26.8 Å². The number of hydrogen-bond donors (Lipinski definition) is 0. The minimum atomic E-state index is -0.409. The first-order valence-electron chi connectivity index (χ1n) is 12.7. The molecule has 1 aliphatic heterocycles. The second kappa shape index (κ2) is 11.3. The highest BCUT2D eigenvalue weighted by atomic mass is 19.1. The largest absolute Gasteiger partial charge is 0.494 e. The van der Waals surface area contributed by atoms with Gasteiger partial charge in [0.15, 0.2) is 17.3 Å². The van der Waals surface area contributed by atoms with Crippen LogP contribution in [0.4, 0.5) is 4.39 Å². The standard InChI is InChI=1S/C29H37FN2O3/c1-20(2)15-24(33)19-32-27-11-9-25(35-14-6-13-31-12-5-7-21(31)3)16-23(27)17-28(32)22-8-10-26(30)29(18-22)34-4/h8-11,16-18,20-21H,5-7,12-15,19H2,1-4H3/t21-/m1/s1. The van der Waals surface area contributed by atoms with Crippen molar-refractivity contribution in [3.63, 3.8) is 0 Å². The maximum Gasteiger partial charge on any atom is 0.165 e. The van der Waals surface area contributed by atoms with Crippen LogP contribution in [0.2, 0.25) is 0 Å². The van der Waals surface area contributed by atoms with E-state index in [2.05, 4.69) is 11.8 Å². The Morgan fingerprint density at radius 1 is 1.17 bits per heavy atom. The summed E-state index contributed by atoms with van der Waals surface area (Å²) in [5, 5.41) is 0.992. The van der Waals surface area contributed by atoms with Gasteiger partial charge in [0.25, 0.3) is 0 Å².